The molecule has 0 aromatic heterocycles. The maximum absolute atomic E-state index is 13.2. The van der Waals surface area contributed by atoms with Gasteiger partial charge in [-0.1, -0.05) is 36.4 Å². The summed E-state index contributed by atoms with van der Waals surface area (Å²) < 4.78 is 39.7. The Morgan fingerprint density at radius 2 is 1.50 bits per heavy atom. The lowest BCUT2D eigenvalue weighted by Gasteiger charge is -2.37. The van der Waals surface area contributed by atoms with Crippen molar-refractivity contribution in [2.75, 3.05) is 45.8 Å². The average molecular weight is 448 g/mol. The normalized spacial score (nSPS) is 18.9. The monoisotopic (exact) mass is 447 g/mol. The summed E-state index contributed by atoms with van der Waals surface area (Å²) in [6, 6.07) is 13.3. The highest BCUT2D eigenvalue weighted by Crippen LogP contribution is 2.32. The van der Waals surface area contributed by atoms with Crippen molar-refractivity contribution >= 4 is 5.91 Å². The van der Waals surface area contributed by atoms with Crippen LogP contribution in [0.3, 0.4) is 0 Å². The Morgan fingerprint density at radius 3 is 2.22 bits per heavy atom. The number of carbonyl (C=O) groups excluding carboxylic acids is 1. The van der Waals surface area contributed by atoms with Crippen LogP contribution in [0.2, 0.25) is 0 Å². The molecule has 1 unspecified atom stereocenters. The van der Waals surface area contributed by atoms with Crippen molar-refractivity contribution in [3.8, 4) is 0 Å². The lowest BCUT2D eigenvalue weighted by Crippen LogP contribution is -2.51. The SMILES string of the molecule is O=C(c1ccccc1C(F)(F)F)N1CCN(CC(O)CN2CCc3ccccc3C2)CC1. The van der Waals surface area contributed by atoms with Crippen LogP contribution in [-0.2, 0) is 19.1 Å². The molecule has 1 amide bonds. The molecule has 32 heavy (non-hydrogen) atoms. The molecule has 8 heteroatoms. The Balaban J connectivity index is 1.27. The first-order valence-electron chi connectivity index (χ1n) is 11.0. The van der Waals surface area contributed by atoms with Crippen LogP contribution in [0.25, 0.3) is 0 Å². The van der Waals surface area contributed by atoms with Crippen LogP contribution in [0.4, 0.5) is 13.2 Å². The summed E-state index contributed by atoms with van der Waals surface area (Å²) >= 11 is 0. The Morgan fingerprint density at radius 1 is 0.875 bits per heavy atom. The van der Waals surface area contributed by atoms with Crippen molar-refractivity contribution in [1.82, 2.24) is 14.7 Å². The number of piperazine rings is 1. The summed E-state index contributed by atoms with van der Waals surface area (Å²) in [5, 5.41) is 10.6. The third-order valence-corrected chi connectivity index (χ3v) is 6.27. The van der Waals surface area contributed by atoms with Crippen molar-refractivity contribution in [2.24, 2.45) is 0 Å². The van der Waals surface area contributed by atoms with E-state index in [1.165, 1.54) is 34.2 Å². The highest BCUT2D eigenvalue weighted by Gasteiger charge is 2.36. The molecule has 1 saturated heterocycles. The van der Waals surface area contributed by atoms with E-state index in [0.29, 0.717) is 39.3 Å². The molecular weight excluding hydrogens is 419 g/mol. The van der Waals surface area contributed by atoms with Crippen molar-refractivity contribution in [3.63, 3.8) is 0 Å². The quantitative estimate of drug-likeness (QED) is 0.766. The second-order valence-electron chi connectivity index (χ2n) is 8.54. The van der Waals surface area contributed by atoms with Crippen LogP contribution in [0.1, 0.15) is 27.0 Å². The summed E-state index contributed by atoms with van der Waals surface area (Å²) in [4.78, 5) is 18.5. The highest BCUT2D eigenvalue weighted by atomic mass is 19.4. The average Bonchev–Trinajstić information content (AvgIpc) is 2.78. The van der Waals surface area contributed by atoms with Crippen LogP contribution in [-0.4, -0.2) is 77.6 Å². The molecule has 1 fully saturated rings. The van der Waals surface area contributed by atoms with E-state index in [1.54, 1.807) is 0 Å². The topological polar surface area (TPSA) is 47.0 Å². The lowest BCUT2D eigenvalue weighted by molar-refractivity contribution is -0.138. The smallest absolute Gasteiger partial charge is 0.390 e. The Kier molecular flexibility index (Phi) is 6.83. The van der Waals surface area contributed by atoms with Crippen LogP contribution in [0.15, 0.2) is 48.5 Å². The number of fused-ring (bicyclic) bond motifs is 1. The summed E-state index contributed by atoms with van der Waals surface area (Å²) in [6.45, 7) is 4.54. The Bertz CT molecular complexity index is 942. The Hall–Kier alpha value is -2.42. The van der Waals surface area contributed by atoms with Gasteiger partial charge in [-0.05, 0) is 29.7 Å². The van der Waals surface area contributed by atoms with E-state index in [1.807, 2.05) is 6.07 Å². The van der Waals surface area contributed by atoms with Gasteiger partial charge in [0, 0.05) is 52.4 Å². The van der Waals surface area contributed by atoms with Gasteiger partial charge in [-0.15, -0.1) is 0 Å². The zero-order chi connectivity index (χ0) is 22.7. The number of carbonyl (C=O) groups is 1. The number of aliphatic hydroxyl groups is 1. The zero-order valence-corrected chi connectivity index (χ0v) is 17.9. The minimum absolute atomic E-state index is 0.307. The number of hydrogen-bond donors (Lipinski definition) is 1. The molecule has 2 aliphatic rings. The maximum Gasteiger partial charge on any atom is 0.417 e. The van der Waals surface area contributed by atoms with Crippen LogP contribution in [0.5, 0.6) is 0 Å². The number of aliphatic hydroxyl groups excluding tert-OH is 1. The number of rotatable bonds is 5. The minimum atomic E-state index is -4.56. The fourth-order valence-corrected chi connectivity index (χ4v) is 4.58. The molecule has 2 aliphatic heterocycles. The summed E-state index contributed by atoms with van der Waals surface area (Å²) in [5.41, 5.74) is 1.47. The van der Waals surface area contributed by atoms with Crippen molar-refractivity contribution in [2.45, 2.75) is 25.2 Å². The molecule has 0 bridgehead atoms. The summed E-state index contributed by atoms with van der Waals surface area (Å²) in [6.07, 6.45) is -4.11. The van der Waals surface area contributed by atoms with Crippen LogP contribution < -0.4 is 0 Å². The van der Waals surface area contributed by atoms with Crippen molar-refractivity contribution in [1.29, 1.82) is 0 Å². The Labute approximate surface area is 186 Å². The molecule has 0 radical (unpaired) electrons. The van der Waals surface area contributed by atoms with Gasteiger partial charge in [-0.2, -0.15) is 13.2 Å². The standard InChI is InChI=1S/C24H28F3N3O2/c25-24(26,27)22-8-4-3-7-21(22)23(32)30-13-11-28(12-14-30)16-20(31)17-29-10-9-18-5-1-2-6-19(18)15-29/h1-8,20,31H,9-17H2. The lowest BCUT2D eigenvalue weighted by atomic mass is 10.00. The molecule has 172 valence electrons. The molecule has 0 spiro atoms. The van der Waals surface area contributed by atoms with E-state index in [0.717, 1.165) is 25.6 Å². The minimum Gasteiger partial charge on any atom is -0.390 e. The van der Waals surface area contributed by atoms with E-state index in [2.05, 4.69) is 28.0 Å². The van der Waals surface area contributed by atoms with Gasteiger partial charge in [0.2, 0.25) is 0 Å². The predicted octanol–water partition coefficient (Wildman–Crippen LogP) is 2.88. The van der Waals surface area contributed by atoms with Crippen LogP contribution >= 0.6 is 0 Å². The molecule has 1 N–H and O–H groups in total. The van der Waals surface area contributed by atoms with Gasteiger partial charge in [-0.3, -0.25) is 14.6 Å². The fraction of sp³-hybridized carbons (Fsp3) is 0.458. The van der Waals surface area contributed by atoms with Crippen molar-refractivity contribution < 1.29 is 23.1 Å². The largest absolute Gasteiger partial charge is 0.417 e. The number of hydrogen-bond acceptors (Lipinski definition) is 4. The summed E-state index contributed by atoms with van der Waals surface area (Å²) in [5.74, 6) is -0.592. The van der Waals surface area contributed by atoms with Gasteiger partial charge in [0.05, 0.1) is 17.2 Å². The molecule has 4 rings (SSSR count). The van der Waals surface area contributed by atoms with Gasteiger partial charge < -0.3 is 10.0 Å². The first-order valence-corrected chi connectivity index (χ1v) is 11.0. The third kappa shape index (κ3) is 5.31. The zero-order valence-electron chi connectivity index (χ0n) is 17.9. The molecule has 5 nitrogen and oxygen atoms in total. The molecule has 2 aromatic rings. The second-order valence-corrected chi connectivity index (χ2v) is 8.54. The number of amides is 1. The van der Waals surface area contributed by atoms with Gasteiger partial charge in [0.1, 0.15) is 0 Å². The first kappa shape index (κ1) is 22.8. The second kappa shape index (κ2) is 9.60. The van der Waals surface area contributed by atoms with Gasteiger partial charge >= 0.3 is 6.18 Å². The number of benzene rings is 2. The predicted molar refractivity (Wildman–Crippen MR) is 115 cm³/mol. The molecule has 2 heterocycles. The first-order chi connectivity index (χ1) is 15.3. The molecular formula is C24H28F3N3O2. The van der Waals surface area contributed by atoms with E-state index >= 15 is 0 Å². The number of alkyl halides is 3. The molecule has 2 aromatic carbocycles. The van der Waals surface area contributed by atoms with Crippen molar-refractivity contribution in [3.05, 3.63) is 70.8 Å². The summed E-state index contributed by atoms with van der Waals surface area (Å²) in [7, 11) is 0. The van der Waals surface area contributed by atoms with Gasteiger partial charge in [0.15, 0.2) is 0 Å². The number of halogens is 3. The number of nitrogens with zero attached hydrogens (tertiary/aromatic N) is 3. The molecule has 1 atom stereocenters. The maximum atomic E-state index is 13.2. The molecule has 0 aliphatic carbocycles. The number of β-amino-alcohol motifs (C(OH)–C–C–N with tert-alkyl or cyclic N) is 1. The third-order valence-electron chi connectivity index (χ3n) is 6.27. The van der Waals surface area contributed by atoms with E-state index in [9.17, 15) is 23.1 Å². The van der Waals surface area contributed by atoms with Gasteiger partial charge in [-0.25, -0.2) is 0 Å². The van der Waals surface area contributed by atoms with E-state index < -0.39 is 23.8 Å². The van der Waals surface area contributed by atoms with E-state index in [4.69, 9.17) is 0 Å². The van der Waals surface area contributed by atoms with E-state index in [-0.39, 0.29) is 5.56 Å². The highest BCUT2D eigenvalue weighted by molar-refractivity contribution is 5.96. The van der Waals surface area contributed by atoms with Gasteiger partial charge in [0.25, 0.3) is 5.91 Å². The fourth-order valence-electron chi connectivity index (χ4n) is 4.58. The molecule has 0 saturated carbocycles. The van der Waals surface area contributed by atoms with Crippen LogP contribution in [0, 0.1) is 0 Å².